The third-order valence-electron chi connectivity index (χ3n) is 3.42. The first-order chi connectivity index (χ1) is 10.2. The molecule has 0 unspecified atom stereocenters. The quantitative estimate of drug-likeness (QED) is 0.565. The summed E-state index contributed by atoms with van der Waals surface area (Å²) in [6.45, 7) is 3.97. The molecule has 0 fully saturated rings. The molecule has 4 rings (SSSR count). The molecule has 1 aromatic carbocycles. The van der Waals surface area contributed by atoms with Gasteiger partial charge in [-0.05, 0) is 37.6 Å². The molecule has 0 atom stereocenters. The summed E-state index contributed by atoms with van der Waals surface area (Å²) in [5.74, 6) is 1.67. The zero-order chi connectivity index (χ0) is 14.4. The van der Waals surface area contributed by atoms with Crippen molar-refractivity contribution in [1.82, 2.24) is 19.8 Å². The smallest absolute Gasteiger partial charge is 0.234 e. The Labute approximate surface area is 124 Å². The van der Waals surface area contributed by atoms with Gasteiger partial charge in [-0.25, -0.2) is 0 Å². The maximum Gasteiger partial charge on any atom is 0.234 e. The molecule has 5 nitrogen and oxygen atoms in total. The van der Waals surface area contributed by atoms with E-state index in [0.29, 0.717) is 0 Å². The van der Waals surface area contributed by atoms with Crippen LogP contribution in [0.4, 0.5) is 0 Å². The lowest BCUT2D eigenvalue weighted by atomic mass is 10.0. The van der Waals surface area contributed by atoms with Gasteiger partial charge < -0.3 is 4.42 Å². The topological polar surface area (TPSA) is 56.2 Å². The number of aromatic nitrogens is 4. The molecular formula is C15H12N4OS. The summed E-state index contributed by atoms with van der Waals surface area (Å²) in [4.78, 5) is 0.808. The first kappa shape index (κ1) is 12.3. The van der Waals surface area contributed by atoms with E-state index >= 15 is 0 Å². The van der Waals surface area contributed by atoms with Gasteiger partial charge in [-0.3, -0.25) is 0 Å². The van der Waals surface area contributed by atoms with E-state index in [-0.39, 0.29) is 0 Å². The molecule has 0 aliphatic heterocycles. The average molecular weight is 296 g/mol. The van der Waals surface area contributed by atoms with Crippen molar-refractivity contribution in [2.75, 3.05) is 0 Å². The Morgan fingerprint density at radius 3 is 2.81 bits per heavy atom. The van der Waals surface area contributed by atoms with Crippen LogP contribution in [-0.2, 0) is 0 Å². The Bertz CT molecular complexity index is 921. The fourth-order valence-corrected chi connectivity index (χ4v) is 3.17. The van der Waals surface area contributed by atoms with Crippen LogP contribution in [0, 0.1) is 13.8 Å². The number of hydrogen-bond acceptors (Lipinski definition) is 5. The fourth-order valence-electron chi connectivity index (χ4n) is 2.28. The van der Waals surface area contributed by atoms with Crippen LogP contribution in [0.2, 0.25) is 0 Å². The van der Waals surface area contributed by atoms with Gasteiger partial charge in [0.25, 0.3) is 0 Å². The third kappa shape index (κ3) is 1.95. The predicted molar refractivity (Wildman–Crippen MR) is 81.3 cm³/mol. The number of aryl methyl sites for hydroxylation is 2. The van der Waals surface area contributed by atoms with Gasteiger partial charge in [0.2, 0.25) is 4.96 Å². The molecular weight excluding hydrogens is 284 g/mol. The number of hydrogen-bond donors (Lipinski definition) is 0. The standard InChI is InChI=1S/C15H12N4OS/c1-9-5-6-11(8-12(9)13-4-3-7-20-13)14-18-19-10(2)16-17-15(19)21-14/h3-8H,1-2H3. The van der Waals surface area contributed by atoms with Crippen LogP contribution >= 0.6 is 11.3 Å². The highest BCUT2D eigenvalue weighted by Gasteiger charge is 2.13. The highest BCUT2D eigenvalue weighted by atomic mass is 32.1. The summed E-state index contributed by atoms with van der Waals surface area (Å²) in [5.41, 5.74) is 3.31. The van der Waals surface area contributed by atoms with Crippen LogP contribution in [0.3, 0.4) is 0 Å². The second kappa shape index (κ2) is 4.53. The highest BCUT2D eigenvalue weighted by molar-refractivity contribution is 7.19. The normalized spacial score (nSPS) is 11.3. The van der Waals surface area contributed by atoms with E-state index in [1.165, 1.54) is 16.9 Å². The second-order valence-electron chi connectivity index (χ2n) is 4.86. The lowest BCUT2D eigenvalue weighted by Crippen LogP contribution is -1.89. The Hall–Kier alpha value is -2.47. The zero-order valence-corrected chi connectivity index (χ0v) is 12.4. The summed E-state index contributed by atoms with van der Waals surface area (Å²) in [6, 6.07) is 10.1. The molecule has 0 aliphatic rings. The van der Waals surface area contributed by atoms with Gasteiger partial charge in [0, 0.05) is 11.1 Å². The minimum Gasteiger partial charge on any atom is -0.464 e. The third-order valence-corrected chi connectivity index (χ3v) is 4.37. The highest BCUT2D eigenvalue weighted by Crippen LogP contribution is 2.31. The summed E-state index contributed by atoms with van der Waals surface area (Å²) >= 11 is 1.53. The minimum absolute atomic E-state index is 0.797. The largest absolute Gasteiger partial charge is 0.464 e. The molecule has 0 aliphatic carbocycles. The van der Waals surface area contributed by atoms with Crippen molar-refractivity contribution >= 4 is 16.3 Å². The first-order valence-electron chi connectivity index (χ1n) is 6.56. The van der Waals surface area contributed by atoms with Crippen molar-refractivity contribution in [3.8, 4) is 21.9 Å². The van der Waals surface area contributed by atoms with E-state index in [4.69, 9.17) is 4.42 Å². The molecule has 3 heterocycles. The maximum atomic E-state index is 5.51. The van der Waals surface area contributed by atoms with Crippen molar-refractivity contribution in [3.63, 3.8) is 0 Å². The molecule has 0 N–H and O–H groups in total. The molecule has 0 bridgehead atoms. The van der Waals surface area contributed by atoms with E-state index in [9.17, 15) is 0 Å². The van der Waals surface area contributed by atoms with Gasteiger partial charge >= 0.3 is 0 Å². The van der Waals surface area contributed by atoms with Crippen molar-refractivity contribution in [3.05, 3.63) is 48.0 Å². The monoisotopic (exact) mass is 296 g/mol. The summed E-state index contributed by atoms with van der Waals surface area (Å²) in [7, 11) is 0. The van der Waals surface area contributed by atoms with Crippen LogP contribution in [0.15, 0.2) is 41.0 Å². The number of fused-ring (bicyclic) bond motifs is 1. The molecule has 3 aromatic heterocycles. The maximum absolute atomic E-state index is 5.51. The molecule has 0 spiro atoms. The van der Waals surface area contributed by atoms with Crippen molar-refractivity contribution < 1.29 is 4.42 Å². The van der Waals surface area contributed by atoms with Crippen LogP contribution in [0.5, 0.6) is 0 Å². The van der Waals surface area contributed by atoms with Crippen LogP contribution in [-0.4, -0.2) is 19.8 Å². The van der Waals surface area contributed by atoms with Crippen molar-refractivity contribution in [2.45, 2.75) is 13.8 Å². The van der Waals surface area contributed by atoms with Crippen LogP contribution in [0.1, 0.15) is 11.4 Å². The number of benzene rings is 1. The SMILES string of the molecule is Cc1ccc(-c2nn3c(C)nnc3s2)cc1-c1ccco1. The molecule has 0 amide bonds. The number of nitrogens with zero attached hydrogens (tertiary/aromatic N) is 4. The lowest BCUT2D eigenvalue weighted by Gasteiger charge is -2.04. The van der Waals surface area contributed by atoms with Gasteiger partial charge in [-0.1, -0.05) is 23.5 Å². The van der Waals surface area contributed by atoms with Crippen molar-refractivity contribution in [1.29, 1.82) is 0 Å². The second-order valence-corrected chi connectivity index (χ2v) is 5.81. The fraction of sp³-hybridized carbons (Fsp3) is 0.133. The molecule has 0 radical (unpaired) electrons. The van der Waals surface area contributed by atoms with Crippen LogP contribution < -0.4 is 0 Å². The number of furan rings is 1. The molecule has 104 valence electrons. The predicted octanol–water partition coefficient (Wildman–Crippen LogP) is 3.73. The van der Waals surface area contributed by atoms with Crippen LogP contribution in [0.25, 0.3) is 26.9 Å². The average Bonchev–Trinajstić information content (AvgIpc) is 3.19. The Kier molecular flexibility index (Phi) is 2.65. The van der Waals surface area contributed by atoms with Gasteiger partial charge in [0.05, 0.1) is 6.26 Å². The zero-order valence-electron chi connectivity index (χ0n) is 11.6. The summed E-state index contributed by atoms with van der Waals surface area (Å²) < 4.78 is 7.28. The molecule has 6 heteroatoms. The van der Waals surface area contributed by atoms with E-state index < -0.39 is 0 Å². The molecule has 0 saturated carbocycles. The summed E-state index contributed by atoms with van der Waals surface area (Å²) in [5, 5.41) is 13.6. The van der Waals surface area contributed by atoms with Gasteiger partial charge in [-0.15, -0.1) is 10.2 Å². The Morgan fingerprint density at radius 2 is 2.05 bits per heavy atom. The molecule has 0 saturated heterocycles. The summed E-state index contributed by atoms with van der Waals surface area (Å²) in [6.07, 6.45) is 1.69. The van der Waals surface area contributed by atoms with Gasteiger partial charge in [0.1, 0.15) is 10.8 Å². The van der Waals surface area contributed by atoms with Crippen molar-refractivity contribution in [2.24, 2.45) is 0 Å². The lowest BCUT2D eigenvalue weighted by molar-refractivity contribution is 0.582. The van der Waals surface area contributed by atoms with E-state index in [0.717, 1.165) is 32.7 Å². The van der Waals surface area contributed by atoms with Gasteiger partial charge in [-0.2, -0.15) is 9.61 Å². The van der Waals surface area contributed by atoms with E-state index in [1.807, 2.05) is 19.1 Å². The number of rotatable bonds is 2. The Morgan fingerprint density at radius 1 is 1.14 bits per heavy atom. The Balaban J connectivity index is 1.86. The molecule has 4 aromatic rings. The van der Waals surface area contributed by atoms with Gasteiger partial charge in [0.15, 0.2) is 5.82 Å². The van der Waals surface area contributed by atoms with E-state index in [1.54, 1.807) is 10.8 Å². The minimum atomic E-state index is 0.797. The first-order valence-corrected chi connectivity index (χ1v) is 7.38. The molecule has 21 heavy (non-hydrogen) atoms. The van der Waals surface area contributed by atoms with E-state index in [2.05, 4.69) is 40.4 Å².